The van der Waals surface area contributed by atoms with Crippen molar-refractivity contribution in [2.75, 3.05) is 30.8 Å². The molecule has 3 nitrogen and oxygen atoms in total. The van der Waals surface area contributed by atoms with Gasteiger partial charge in [0.05, 0.1) is 0 Å². The number of rotatable bonds is 3. The minimum absolute atomic E-state index is 0.351. The van der Waals surface area contributed by atoms with Crippen molar-refractivity contribution in [1.82, 2.24) is 10.3 Å². The topological polar surface area (TPSA) is 28.2 Å². The Morgan fingerprint density at radius 2 is 2.41 bits per heavy atom. The standard InChI is InChI=1S/C13H21N3S/c1-10-9-16(7-8-17-10)13-12(11(2)14-3)5-4-6-15-13/h4-6,10-11,14H,7-9H2,1-3H3. The van der Waals surface area contributed by atoms with Crippen LogP contribution < -0.4 is 10.2 Å². The molecule has 0 aliphatic carbocycles. The lowest BCUT2D eigenvalue weighted by Crippen LogP contribution is -2.38. The molecule has 0 bridgehead atoms. The number of anilines is 1. The molecule has 0 spiro atoms. The van der Waals surface area contributed by atoms with E-state index in [1.807, 2.05) is 19.3 Å². The van der Waals surface area contributed by atoms with Gasteiger partial charge in [-0.15, -0.1) is 0 Å². The van der Waals surface area contributed by atoms with Gasteiger partial charge in [-0.25, -0.2) is 4.98 Å². The smallest absolute Gasteiger partial charge is 0.133 e. The number of nitrogens with one attached hydrogen (secondary N) is 1. The number of pyridine rings is 1. The lowest BCUT2D eigenvalue weighted by molar-refractivity contribution is 0.641. The SMILES string of the molecule is CNC(C)c1cccnc1N1CCSC(C)C1. The molecule has 94 valence electrons. The van der Waals surface area contributed by atoms with Crippen LogP contribution in [0.1, 0.15) is 25.5 Å². The highest BCUT2D eigenvalue weighted by Gasteiger charge is 2.21. The summed E-state index contributed by atoms with van der Waals surface area (Å²) in [6.45, 7) is 6.68. The molecule has 2 rings (SSSR count). The fourth-order valence-electron chi connectivity index (χ4n) is 2.18. The van der Waals surface area contributed by atoms with Gasteiger partial charge in [-0.2, -0.15) is 11.8 Å². The van der Waals surface area contributed by atoms with E-state index in [2.05, 4.69) is 46.9 Å². The summed E-state index contributed by atoms with van der Waals surface area (Å²) >= 11 is 2.05. The molecule has 0 saturated carbocycles. The molecule has 17 heavy (non-hydrogen) atoms. The molecule has 1 aliphatic rings. The number of nitrogens with zero attached hydrogens (tertiary/aromatic N) is 2. The second-order valence-corrected chi connectivity index (χ2v) is 6.10. The Hall–Kier alpha value is -0.740. The Bertz CT molecular complexity index is 369. The zero-order valence-corrected chi connectivity index (χ0v) is 11.6. The fourth-order valence-corrected chi connectivity index (χ4v) is 3.19. The van der Waals surface area contributed by atoms with E-state index in [0.29, 0.717) is 11.3 Å². The Morgan fingerprint density at radius 1 is 1.59 bits per heavy atom. The van der Waals surface area contributed by atoms with Crippen molar-refractivity contribution < 1.29 is 0 Å². The van der Waals surface area contributed by atoms with E-state index in [1.165, 1.54) is 11.3 Å². The van der Waals surface area contributed by atoms with Gasteiger partial charge in [0, 0.05) is 41.9 Å². The normalized spacial score (nSPS) is 22.5. The molecule has 1 aliphatic heterocycles. The van der Waals surface area contributed by atoms with Crippen molar-refractivity contribution in [3.63, 3.8) is 0 Å². The summed E-state index contributed by atoms with van der Waals surface area (Å²) in [7, 11) is 2.00. The highest BCUT2D eigenvalue weighted by atomic mass is 32.2. The second-order valence-electron chi connectivity index (χ2n) is 4.55. The monoisotopic (exact) mass is 251 g/mol. The minimum atomic E-state index is 0.351. The van der Waals surface area contributed by atoms with Crippen LogP contribution >= 0.6 is 11.8 Å². The molecule has 1 saturated heterocycles. The van der Waals surface area contributed by atoms with Crippen LogP contribution in [0.15, 0.2) is 18.3 Å². The maximum atomic E-state index is 4.58. The third-order valence-electron chi connectivity index (χ3n) is 3.26. The van der Waals surface area contributed by atoms with Crippen LogP contribution in [0.3, 0.4) is 0 Å². The van der Waals surface area contributed by atoms with Crippen LogP contribution in [0, 0.1) is 0 Å². The fraction of sp³-hybridized carbons (Fsp3) is 0.615. The predicted molar refractivity (Wildman–Crippen MR) is 75.8 cm³/mol. The van der Waals surface area contributed by atoms with Crippen molar-refractivity contribution >= 4 is 17.6 Å². The highest BCUT2D eigenvalue weighted by molar-refractivity contribution is 8.00. The van der Waals surface area contributed by atoms with Crippen LogP contribution in [-0.4, -0.2) is 36.1 Å². The molecule has 1 N–H and O–H groups in total. The van der Waals surface area contributed by atoms with E-state index in [1.54, 1.807) is 0 Å². The molecule has 2 unspecified atom stereocenters. The zero-order chi connectivity index (χ0) is 12.3. The zero-order valence-electron chi connectivity index (χ0n) is 10.8. The van der Waals surface area contributed by atoms with Crippen molar-refractivity contribution in [2.24, 2.45) is 0 Å². The van der Waals surface area contributed by atoms with Crippen LogP contribution in [0.2, 0.25) is 0 Å². The third kappa shape index (κ3) is 2.93. The first kappa shape index (κ1) is 12.7. The molecule has 2 heterocycles. The molecule has 1 aromatic rings. The van der Waals surface area contributed by atoms with Gasteiger partial charge in [0.2, 0.25) is 0 Å². The highest BCUT2D eigenvalue weighted by Crippen LogP contribution is 2.27. The first-order valence-corrected chi connectivity index (χ1v) is 7.26. The first-order chi connectivity index (χ1) is 8.22. The largest absolute Gasteiger partial charge is 0.354 e. The molecule has 1 aromatic heterocycles. The molecule has 0 aromatic carbocycles. The van der Waals surface area contributed by atoms with E-state index in [-0.39, 0.29) is 0 Å². The summed E-state index contributed by atoms with van der Waals surface area (Å²) in [6.07, 6.45) is 1.90. The van der Waals surface area contributed by atoms with Crippen LogP contribution in [0.5, 0.6) is 0 Å². The Morgan fingerprint density at radius 3 is 3.12 bits per heavy atom. The number of hydrogen-bond donors (Lipinski definition) is 1. The molecule has 4 heteroatoms. The average Bonchev–Trinajstić information content (AvgIpc) is 2.38. The Kier molecular flexibility index (Phi) is 4.29. The average molecular weight is 251 g/mol. The quantitative estimate of drug-likeness (QED) is 0.892. The molecule has 0 amide bonds. The lowest BCUT2D eigenvalue weighted by Gasteiger charge is -2.33. The van der Waals surface area contributed by atoms with Crippen molar-refractivity contribution in [3.8, 4) is 0 Å². The van der Waals surface area contributed by atoms with Crippen molar-refractivity contribution in [3.05, 3.63) is 23.9 Å². The number of thioether (sulfide) groups is 1. The maximum Gasteiger partial charge on any atom is 0.133 e. The van der Waals surface area contributed by atoms with E-state index in [9.17, 15) is 0 Å². The summed E-state index contributed by atoms with van der Waals surface area (Å²) in [5.41, 5.74) is 1.30. The molecule has 2 atom stereocenters. The molecule has 1 fully saturated rings. The van der Waals surface area contributed by atoms with E-state index < -0.39 is 0 Å². The molecular formula is C13H21N3S. The van der Waals surface area contributed by atoms with E-state index in [0.717, 1.165) is 18.9 Å². The van der Waals surface area contributed by atoms with Gasteiger partial charge < -0.3 is 10.2 Å². The summed E-state index contributed by atoms with van der Waals surface area (Å²) in [4.78, 5) is 7.00. The maximum absolute atomic E-state index is 4.58. The van der Waals surface area contributed by atoms with E-state index >= 15 is 0 Å². The van der Waals surface area contributed by atoms with Crippen LogP contribution in [0.4, 0.5) is 5.82 Å². The second kappa shape index (κ2) is 5.74. The Labute approximate surface area is 108 Å². The van der Waals surface area contributed by atoms with Gasteiger partial charge in [0.25, 0.3) is 0 Å². The van der Waals surface area contributed by atoms with Crippen LogP contribution in [-0.2, 0) is 0 Å². The van der Waals surface area contributed by atoms with Gasteiger partial charge in [0.1, 0.15) is 5.82 Å². The van der Waals surface area contributed by atoms with Gasteiger partial charge in [0.15, 0.2) is 0 Å². The number of hydrogen-bond acceptors (Lipinski definition) is 4. The predicted octanol–water partition coefficient (Wildman–Crippen LogP) is 2.30. The third-order valence-corrected chi connectivity index (χ3v) is 4.39. The summed E-state index contributed by atoms with van der Waals surface area (Å²) in [6, 6.07) is 4.55. The van der Waals surface area contributed by atoms with Gasteiger partial charge in [-0.1, -0.05) is 13.0 Å². The molecular weight excluding hydrogens is 230 g/mol. The first-order valence-electron chi connectivity index (χ1n) is 6.21. The van der Waals surface area contributed by atoms with Crippen molar-refractivity contribution in [2.45, 2.75) is 25.1 Å². The Balaban J connectivity index is 2.24. The van der Waals surface area contributed by atoms with Crippen LogP contribution in [0.25, 0.3) is 0 Å². The number of aromatic nitrogens is 1. The van der Waals surface area contributed by atoms with Gasteiger partial charge >= 0.3 is 0 Å². The van der Waals surface area contributed by atoms with Crippen molar-refractivity contribution in [1.29, 1.82) is 0 Å². The minimum Gasteiger partial charge on any atom is -0.354 e. The summed E-state index contributed by atoms with van der Waals surface area (Å²) in [5.74, 6) is 2.35. The summed E-state index contributed by atoms with van der Waals surface area (Å²) < 4.78 is 0. The van der Waals surface area contributed by atoms with E-state index in [4.69, 9.17) is 0 Å². The summed E-state index contributed by atoms with van der Waals surface area (Å²) in [5, 5.41) is 4.00. The van der Waals surface area contributed by atoms with Gasteiger partial charge in [-0.05, 0) is 20.0 Å². The lowest BCUT2D eigenvalue weighted by atomic mass is 10.1. The van der Waals surface area contributed by atoms with Gasteiger partial charge in [-0.3, -0.25) is 0 Å². The molecule has 0 radical (unpaired) electrons.